The molecule has 0 saturated heterocycles. The van der Waals surface area contributed by atoms with E-state index in [1.165, 1.54) is 10.5 Å². The molecule has 0 saturated carbocycles. The Hall–Kier alpha value is -1.59. The highest BCUT2D eigenvalue weighted by molar-refractivity contribution is 5.90. The smallest absolute Gasteiger partial charge is 0.321 e. The summed E-state index contributed by atoms with van der Waals surface area (Å²) >= 11 is 0. The number of hydrogen-bond donors (Lipinski definition) is 3. The third-order valence-corrected chi connectivity index (χ3v) is 3.93. The Labute approximate surface area is 133 Å². The van der Waals surface area contributed by atoms with Crippen molar-refractivity contribution in [3.8, 4) is 0 Å². The van der Waals surface area contributed by atoms with E-state index in [0.717, 1.165) is 24.1 Å². The fraction of sp³-hybridized carbons (Fsp3) is 0.588. The van der Waals surface area contributed by atoms with Crippen LogP contribution < -0.4 is 5.32 Å². The van der Waals surface area contributed by atoms with Gasteiger partial charge in [-0.1, -0.05) is 32.9 Å². The molecule has 3 N–H and O–H groups in total. The van der Waals surface area contributed by atoms with Crippen LogP contribution in [0.3, 0.4) is 0 Å². The van der Waals surface area contributed by atoms with E-state index in [0.29, 0.717) is 0 Å². The topological polar surface area (TPSA) is 72.8 Å². The molecule has 0 spiro atoms. The van der Waals surface area contributed by atoms with E-state index in [2.05, 4.69) is 25.2 Å². The minimum atomic E-state index is -0.703. The minimum Gasteiger partial charge on any atom is -0.396 e. The van der Waals surface area contributed by atoms with Crippen molar-refractivity contribution in [3.63, 3.8) is 0 Å². The molecule has 0 aliphatic heterocycles. The Bertz CT molecular complexity index is 499. The highest BCUT2D eigenvalue weighted by Gasteiger charge is 2.26. The number of nitrogens with one attached hydrogen (secondary N) is 1. The maximum atomic E-state index is 12.3. The molecule has 0 aliphatic carbocycles. The summed E-state index contributed by atoms with van der Waals surface area (Å²) in [5.41, 5.74) is 2.38. The summed E-state index contributed by atoms with van der Waals surface area (Å²) in [6.45, 7) is 5.80. The first kappa shape index (κ1) is 18.5. The second-order valence-electron chi connectivity index (χ2n) is 6.11. The third kappa shape index (κ3) is 4.71. The lowest BCUT2D eigenvalue weighted by Gasteiger charge is -2.30. The van der Waals surface area contributed by atoms with E-state index in [4.69, 9.17) is 0 Å². The molecule has 0 aliphatic rings. The van der Waals surface area contributed by atoms with E-state index in [9.17, 15) is 15.0 Å². The molecular weight excluding hydrogens is 280 g/mol. The molecule has 0 aromatic heterocycles. The molecule has 0 bridgehead atoms. The molecule has 0 radical (unpaired) electrons. The van der Waals surface area contributed by atoms with Crippen LogP contribution in [0.1, 0.15) is 31.9 Å². The number of benzene rings is 1. The molecule has 1 rings (SSSR count). The maximum Gasteiger partial charge on any atom is 0.321 e. The van der Waals surface area contributed by atoms with Crippen LogP contribution in [0.2, 0.25) is 0 Å². The van der Waals surface area contributed by atoms with Crippen LogP contribution in [-0.4, -0.2) is 48.0 Å². The Morgan fingerprint density at radius 1 is 1.23 bits per heavy atom. The molecular formula is C17H28N2O3. The van der Waals surface area contributed by atoms with Crippen molar-refractivity contribution < 1.29 is 15.0 Å². The molecule has 1 aromatic carbocycles. The first-order valence-electron chi connectivity index (χ1n) is 7.74. The van der Waals surface area contributed by atoms with E-state index in [1.54, 1.807) is 14.0 Å². The highest BCUT2D eigenvalue weighted by Crippen LogP contribution is 2.21. The molecule has 0 fully saturated rings. The third-order valence-electron chi connectivity index (χ3n) is 3.93. The number of anilines is 1. The van der Waals surface area contributed by atoms with E-state index < -0.39 is 5.41 Å². The zero-order valence-corrected chi connectivity index (χ0v) is 14.0. The lowest BCUT2D eigenvalue weighted by Crippen LogP contribution is -2.43. The molecule has 0 unspecified atom stereocenters. The lowest BCUT2D eigenvalue weighted by molar-refractivity contribution is 0.0509. The Balaban J connectivity index is 2.83. The number of nitrogens with zero attached hydrogens (tertiary/aromatic N) is 1. The van der Waals surface area contributed by atoms with Gasteiger partial charge in [0.15, 0.2) is 0 Å². The van der Waals surface area contributed by atoms with Crippen molar-refractivity contribution >= 4 is 11.7 Å². The van der Waals surface area contributed by atoms with Crippen molar-refractivity contribution in [1.29, 1.82) is 0 Å². The molecule has 2 amide bonds. The summed E-state index contributed by atoms with van der Waals surface area (Å²) in [5, 5.41) is 21.6. The van der Waals surface area contributed by atoms with Gasteiger partial charge in [-0.3, -0.25) is 0 Å². The first-order valence-corrected chi connectivity index (χ1v) is 7.74. The minimum absolute atomic E-state index is 0.174. The van der Waals surface area contributed by atoms with E-state index in [-0.39, 0.29) is 25.8 Å². The summed E-state index contributed by atoms with van der Waals surface area (Å²) in [4.78, 5) is 13.8. The average Bonchev–Trinajstić information content (AvgIpc) is 2.54. The van der Waals surface area contributed by atoms with Crippen LogP contribution in [0.5, 0.6) is 0 Å². The number of urea groups is 1. The normalized spacial score (nSPS) is 11.4. The van der Waals surface area contributed by atoms with Crippen LogP contribution in [0.25, 0.3) is 0 Å². The molecule has 124 valence electrons. The van der Waals surface area contributed by atoms with Gasteiger partial charge in [-0.25, -0.2) is 4.79 Å². The molecule has 0 heterocycles. The SMILES string of the molecule is CCc1ccc(CC)c(NC(=O)N(C)CC(C)(CO)CO)c1. The maximum absolute atomic E-state index is 12.3. The second kappa shape index (κ2) is 8.15. The Kier molecular flexibility index (Phi) is 6.84. The standard InChI is InChI=1S/C17H28N2O3/c1-5-13-7-8-14(6-2)15(9-13)18-16(22)19(4)10-17(3,11-20)12-21/h7-9,20-21H,5-6,10-12H2,1-4H3,(H,18,22). The number of aliphatic hydroxyl groups is 2. The van der Waals surface area contributed by atoms with Gasteiger partial charge < -0.3 is 20.4 Å². The predicted octanol–water partition coefficient (Wildman–Crippen LogP) is 2.27. The van der Waals surface area contributed by atoms with Crippen molar-refractivity contribution in [2.45, 2.75) is 33.6 Å². The predicted molar refractivity (Wildman–Crippen MR) is 89.1 cm³/mol. The summed E-state index contributed by atoms with van der Waals surface area (Å²) in [5.74, 6) is 0. The van der Waals surface area contributed by atoms with Crippen LogP contribution in [-0.2, 0) is 12.8 Å². The van der Waals surface area contributed by atoms with Gasteiger partial charge in [0.1, 0.15) is 0 Å². The number of aliphatic hydroxyl groups excluding tert-OH is 2. The molecule has 0 atom stereocenters. The van der Waals surface area contributed by atoms with Crippen molar-refractivity contribution in [2.75, 3.05) is 32.1 Å². The van der Waals surface area contributed by atoms with Crippen LogP contribution in [0.15, 0.2) is 18.2 Å². The quantitative estimate of drug-likeness (QED) is 0.723. The Morgan fingerprint density at radius 3 is 2.36 bits per heavy atom. The van der Waals surface area contributed by atoms with Gasteiger partial charge in [-0.15, -0.1) is 0 Å². The van der Waals surface area contributed by atoms with Crippen molar-refractivity contribution in [1.82, 2.24) is 4.90 Å². The number of rotatable bonds is 7. The summed E-state index contributed by atoms with van der Waals surface area (Å²) in [6.07, 6.45) is 1.75. The molecule has 5 nitrogen and oxygen atoms in total. The number of amides is 2. The van der Waals surface area contributed by atoms with Gasteiger partial charge in [0.2, 0.25) is 0 Å². The van der Waals surface area contributed by atoms with Gasteiger partial charge >= 0.3 is 6.03 Å². The zero-order chi connectivity index (χ0) is 16.8. The fourth-order valence-electron chi connectivity index (χ4n) is 2.27. The van der Waals surface area contributed by atoms with Gasteiger partial charge in [0, 0.05) is 24.7 Å². The number of hydrogen-bond acceptors (Lipinski definition) is 3. The largest absolute Gasteiger partial charge is 0.396 e. The van der Waals surface area contributed by atoms with Gasteiger partial charge in [0.05, 0.1) is 13.2 Å². The average molecular weight is 308 g/mol. The van der Waals surface area contributed by atoms with E-state index in [1.807, 2.05) is 12.1 Å². The van der Waals surface area contributed by atoms with Crippen molar-refractivity contribution in [3.05, 3.63) is 29.3 Å². The van der Waals surface area contributed by atoms with Crippen LogP contribution >= 0.6 is 0 Å². The van der Waals surface area contributed by atoms with Crippen LogP contribution in [0, 0.1) is 5.41 Å². The van der Waals surface area contributed by atoms with Gasteiger partial charge in [0.25, 0.3) is 0 Å². The second-order valence-corrected chi connectivity index (χ2v) is 6.11. The summed E-state index contributed by atoms with van der Waals surface area (Å²) < 4.78 is 0. The highest BCUT2D eigenvalue weighted by atomic mass is 16.3. The lowest BCUT2D eigenvalue weighted by atomic mass is 9.92. The molecule has 1 aromatic rings. The van der Waals surface area contributed by atoms with Gasteiger partial charge in [-0.05, 0) is 30.0 Å². The molecule has 22 heavy (non-hydrogen) atoms. The van der Waals surface area contributed by atoms with Gasteiger partial charge in [-0.2, -0.15) is 0 Å². The van der Waals surface area contributed by atoms with Crippen LogP contribution in [0.4, 0.5) is 10.5 Å². The summed E-state index contributed by atoms with van der Waals surface area (Å²) in [6, 6.07) is 5.88. The Morgan fingerprint density at radius 2 is 1.86 bits per heavy atom. The summed E-state index contributed by atoms with van der Waals surface area (Å²) in [7, 11) is 1.66. The van der Waals surface area contributed by atoms with E-state index >= 15 is 0 Å². The zero-order valence-electron chi connectivity index (χ0n) is 14.0. The first-order chi connectivity index (χ1) is 10.4. The number of carbonyl (C=O) groups is 1. The van der Waals surface area contributed by atoms with Crippen molar-refractivity contribution in [2.24, 2.45) is 5.41 Å². The number of carbonyl (C=O) groups excluding carboxylic acids is 1. The molecule has 5 heteroatoms. The number of aryl methyl sites for hydroxylation is 2. The fourth-order valence-corrected chi connectivity index (χ4v) is 2.27. The monoisotopic (exact) mass is 308 g/mol.